The number of carbonyl (C=O) groups excluding carboxylic acids is 1. The van der Waals surface area contributed by atoms with Crippen LogP contribution in [0.2, 0.25) is 0 Å². The lowest BCUT2D eigenvalue weighted by Crippen LogP contribution is -2.45. The van der Waals surface area contributed by atoms with Crippen LogP contribution in [-0.2, 0) is 6.54 Å². The Kier molecular flexibility index (Phi) is 5.27. The van der Waals surface area contributed by atoms with Crippen LogP contribution in [0.15, 0.2) is 24.3 Å². The number of hydrogen-bond donors (Lipinski definition) is 2. The maximum Gasteiger partial charge on any atom is 0.315 e. The molecule has 0 radical (unpaired) electrons. The molecule has 2 amide bonds. The molecule has 0 aromatic heterocycles. The fourth-order valence-electron chi connectivity index (χ4n) is 2.68. The van der Waals surface area contributed by atoms with Crippen molar-refractivity contribution in [3.05, 3.63) is 29.8 Å². The van der Waals surface area contributed by atoms with Crippen molar-refractivity contribution in [1.29, 1.82) is 0 Å². The second-order valence-electron chi connectivity index (χ2n) is 5.54. The third-order valence-electron chi connectivity index (χ3n) is 4.04. The Balaban J connectivity index is 1.76. The van der Waals surface area contributed by atoms with Crippen molar-refractivity contribution >= 4 is 6.03 Å². The first-order chi connectivity index (χ1) is 9.69. The van der Waals surface area contributed by atoms with E-state index in [-0.39, 0.29) is 6.03 Å². The highest BCUT2D eigenvalue weighted by Crippen LogP contribution is 2.23. The van der Waals surface area contributed by atoms with Crippen molar-refractivity contribution in [2.24, 2.45) is 5.92 Å². The third kappa shape index (κ3) is 4.15. The van der Waals surface area contributed by atoms with Crippen molar-refractivity contribution in [3.63, 3.8) is 0 Å². The number of rotatable bonds is 4. The first kappa shape index (κ1) is 14.7. The summed E-state index contributed by atoms with van der Waals surface area (Å²) in [4.78, 5) is 11.9. The van der Waals surface area contributed by atoms with Crippen molar-refractivity contribution < 1.29 is 9.53 Å². The minimum Gasteiger partial charge on any atom is -0.497 e. The predicted molar refractivity (Wildman–Crippen MR) is 79.8 cm³/mol. The van der Waals surface area contributed by atoms with E-state index in [1.54, 1.807) is 7.11 Å². The molecule has 0 unspecified atom stereocenters. The molecule has 1 aliphatic carbocycles. The summed E-state index contributed by atoms with van der Waals surface area (Å²) < 4.78 is 5.11. The molecule has 2 N–H and O–H groups in total. The zero-order valence-electron chi connectivity index (χ0n) is 12.3. The van der Waals surface area contributed by atoms with Crippen molar-refractivity contribution in [2.75, 3.05) is 7.11 Å². The standard InChI is InChI=1S/C16H24N2O2/c1-12-5-3-4-6-15(12)18-16(19)17-11-13-7-9-14(20-2)10-8-13/h7-10,12,15H,3-6,11H2,1-2H3,(H2,17,18,19)/t12-,15+/m0/s1. The molecule has 1 fully saturated rings. The number of urea groups is 1. The molecule has 0 spiro atoms. The van der Waals surface area contributed by atoms with Crippen LogP contribution in [0.3, 0.4) is 0 Å². The summed E-state index contributed by atoms with van der Waals surface area (Å²) in [5.41, 5.74) is 1.07. The van der Waals surface area contributed by atoms with Gasteiger partial charge in [-0.1, -0.05) is 31.9 Å². The Bertz CT molecular complexity index is 431. The predicted octanol–water partition coefficient (Wildman–Crippen LogP) is 3.07. The Morgan fingerprint density at radius 3 is 2.60 bits per heavy atom. The van der Waals surface area contributed by atoms with E-state index < -0.39 is 0 Å². The Hall–Kier alpha value is -1.71. The minimum atomic E-state index is -0.0698. The van der Waals surface area contributed by atoms with Gasteiger partial charge in [0.05, 0.1) is 7.11 Å². The zero-order valence-corrected chi connectivity index (χ0v) is 12.3. The Morgan fingerprint density at radius 1 is 1.25 bits per heavy atom. The molecule has 1 aliphatic rings. The SMILES string of the molecule is COc1ccc(CNC(=O)N[C@@H]2CCCC[C@@H]2C)cc1. The molecule has 0 bridgehead atoms. The average Bonchev–Trinajstić information content (AvgIpc) is 2.48. The van der Waals surface area contributed by atoms with Crippen LogP contribution in [0.5, 0.6) is 5.75 Å². The summed E-state index contributed by atoms with van der Waals surface area (Å²) in [6.07, 6.45) is 4.81. The number of methoxy groups -OCH3 is 1. The van der Waals surface area contributed by atoms with Crippen molar-refractivity contribution in [3.8, 4) is 5.75 Å². The molecule has 2 rings (SSSR count). The van der Waals surface area contributed by atoms with Crippen LogP contribution in [0.1, 0.15) is 38.2 Å². The van der Waals surface area contributed by atoms with Gasteiger partial charge in [-0.3, -0.25) is 0 Å². The number of hydrogen-bond acceptors (Lipinski definition) is 2. The number of amides is 2. The van der Waals surface area contributed by atoms with E-state index in [2.05, 4.69) is 17.6 Å². The van der Waals surface area contributed by atoms with Gasteiger partial charge in [-0.25, -0.2) is 4.79 Å². The fourth-order valence-corrected chi connectivity index (χ4v) is 2.68. The van der Waals surface area contributed by atoms with Gasteiger partial charge in [-0.05, 0) is 36.5 Å². The van der Waals surface area contributed by atoms with Gasteiger partial charge < -0.3 is 15.4 Å². The zero-order chi connectivity index (χ0) is 14.4. The summed E-state index contributed by atoms with van der Waals surface area (Å²) >= 11 is 0. The highest BCUT2D eigenvalue weighted by atomic mass is 16.5. The van der Waals surface area contributed by atoms with E-state index in [0.717, 1.165) is 17.7 Å². The molecule has 2 atom stereocenters. The summed E-state index contributed by atoms with van der Waals surface area (Å²) in [5, 5.41) is 6.00. The number of benzene rings is 1. The second-order valence-corrected chi connectivity index (χ2v) is 5.54. The van der Waals surface area contributed by atoms with Gasteiger partial charge in [0, 0.05) is 12.6 Å². The summed E-state index contributed by atoms with van der Waals surface area (Å²) in [7, 11) is 1.64. The molecular formula is C16H24N2O2. The van der Waals surface area contributed by atoms with E-state index in [0.29, 0.717) is 18.5 Å². The molecule has 0 saturated heterocycles. The van der Waals surface area contributed by atoms with Gasteiger partial charge in [-0.15, -0.1) is 0 Å². The summed E-state index contributed by atoms with van der Waals surface area (Å²) in [5.74, 6) is 1.41. The van der Waals surface area contributed by atoms with E-state index >= 15 is 0 Å². The van der Waals surface area contributed by atoms with Crippen LogP contribution in [0.4, 0.5) is 4.79 Å². The lowest BCUT2D eigenvalue weighted by atomic mass is 9.86. The largest absolute Gasteiger partial charge is 0.497 e. The fraction of sp³-hybridized carbons (Fsp3) is 0.562. The molecule has 1 aromatic carbocycles. The van der Waals surface area contributed by atoms with E-state index in [1.165, 1.54) is 19.3 Å². The Labute approximate surface area is 120 Å². The van der Waals surface area contributed by atoms with Gasteiger partial charge in [0.2, 0.25) is 0 Å². The lowest BCUT2D eigenvalue weighted by Gasteiger charge is -2.29. The highest BCUT2D eigenvalue weighted by Gasteiger charge is 2.22. The third-order valence-corrected chi connectivity index (χ3v) is 4.04. The van der Waals surface area contributed by atoms with Crippen LogP contribution < -0.4 is 15.4 Å². The smallest absolute Gasteiger partial charge is 0.315 e. The van der Waals surface area contributed by atoms with E-state index in [9.17, 15) is 4.79 Å². The second kappa shape index (κ2) is 7.17. The van der Waals surface area contributed by atoms with Crippen LogP contribution >= 0.6 is 0 Å². The first-order valence-corrected chi connectivity index (χ1v) is 7.36. The maximum absolute atomic E-state index is 11.9. The minimum absolute atomic E-state index is 0.0698. The highest BCUT2D eigenvalue weighted by molar-refractivity contribution is 5.74. The first-order valence-electron chi connectivity index (χ1n) is 7.36. The topological polar surface area (TPSA) is 50.4 Å². The van der Waals surface area contributed by atoms with Gasteiger partial charge in [-0.2, -0.15) is 0 Å². The molecule has 1 saturated carbocycles. The normalized spacial score (nSPS) is 22.1. The summed E-state index contributed by atoms with van der Waals surface area (Å²) in [6, 6.07) is 7.97. The van der Waals surface area contributed by atoms with Gasteiger partial charge in [0.25, 0.3) is 0 Å². The average molecular weight is 276 g/mol. The van der Waals surface area contributed by atoms with Crippen molar-refractivity contribution in [1.82, 2.24) is 10.6 Å². The Morgan fingerprint density at radius 2 is 1.95 bits per heavy atom. The van der Waals surface area contributed by atoms with Gasteiger partial charge in [0.15, 0.2) is 0 Å². The number of carbonyl (C=O) groups is 1. The molecule has 4 heteroatoms. The van der Waals surface area contributed by atoms with Crippen LogP contribution in [0, 0.1) is 5.92 Å². The summed E-state index contributed by atoms with van der Waals surface area (Å²) in [6.45, 7) is 2.75. The van der Waals surface area contributed by atoms with Gasteiger partial charge in [0.1, 0.15) is 5.75 Å². The molecular weight excluding hydrogens is 252 g/mol. The van der Waals surface area contributed by atoms with Crippen LogP contribution in [-0.4, -0.2) is 19.2 Å². The quantitative estimate of drug-likeness (QED) is 0.888. The van der Waals surface area contributed by atoms with Gasteiger partial charge >= 0.3 is 6.03 Å². The molecule has 110 valence electrons. The molecule has 0 heterocycles. The molecule has 1 aromatic rings. The molecule has 20 heavy (non-hydrogen) atoms. The van der Waals surface area contributed by atoms with Crippen molar-refractivity contribution in [2.45, 2.75) is 45.2 Å². The monoisotopic (exact) mass is 276 g/mol. The lowest BCUT2D eigenvalue weighted by molar-refractivity contribution is 0.221. The number of ether oxygens (including phenoxy) is 1. The van der Waals surface area contributed by atoms with E-state index in [4.69, 9.17) is 4.74 Å². The maximum atomic E-state index is 11.9. The van der Waals surface area contributed by atoms with Crippen LogP contribution in [0.25, 0.3) is 0 Å². The number of nitrogens with one attached hydrogen (secondary N) is 2. The van der Waals surface area contributed by atoms with E-state index in [1.807, 2.05) is 24.3 Å². The molecule has 4 nitrogen and oxygen atoms in total. The molecule has 0 aliphatic heterocycles.